The first-order valence-corrected chi connectivity index (χ1v) is 7.68. The van der Waals surface area contributed by atoms with E-state index >= 15 is 0 Å². The van der Waals surface area contributed by atoms with E-state index in [4.69, 9.17) is 4.74 Å². The van der Waals surface area contributed by atoms with Gasteiger partial charge in [0.2, 0.25) is 5.91 Å². The molecule has 1 aromatic rings. The molecule has 0 fully saturated rings. The van der Waals surface area contributed by atoms with Crippen LogP contribution >= 0.6 is 11.3 Å². The van der Waals surface area contributed by atoms with E-state index < -0.39 is 12.0 Å². The summed E-state index contributed by atoms with van der Waals surface area (Å²) in [6.45, 7) is 11.4. The molecule has 1 unspecified atom stereocenters. The molecule has 118 valence electrons. The van der Waals surface area contributed by atoms with Crippen molar-refractivity contribution in [3.8, 4) is 0 Å². The Morgan fingerprint density at radius 2 is 2.00 bits per heavy atom. The van der Waals surface area contributed by atoms with Crippen LogP contribution in [0.25, 0.3) is 0 Å². The van der Waals surface area contributed by atoms with E-state index in [-0.39, 0.29) is 11.4 Å². The van der Waals surface area contributed by atoms with Crippen molar-refractivity contribution in [2.24, 2.45) is 0 Å². The van der Waals surface area contributed by atoms with Crippen molar-refractivity contribution in [1.82, 2.24) is 10.3 Å². The highest BCUT2D eigenvalue weighted by molar-refractivity contribution is 7.15. The molecule has 0 aliphatic rings. The number of aryl methyl sites for hydroxylation is 1. The molecule has 0 spiro atoms. The monoisotopic (exact) mass is 313 g/mol. The van der Waals surface area contributed by atoms with Crippen LogP contribution in [0.5, 0.6) is 0 Å². The second kappa shape index (κ2) is 6.89. The molecule has 2 N–H and O–H groups in total. The van der Waals surface area contributed by atoms with E-state index in [1.165, 1.54) is 11.3 Å². The third kappa shape index (κ3) is 5.34. The van der Waals surface area contributed by atoms with Crippen molar-refractivity contribution in [3.05, 3.63) is 10.6 Å². The Labute approximate surface area is 129 Å². The predicted molar refractivity (Wildman–Crippen MR) is 83.8 cm³/mol. The lowest BCUT2D eigenvalue weighted by Crippen LogP contribution is -2.47. The standard InChI is InChI=1S/C14H23N3O3S/c1-7-20-12(19)10-9(3)21-13(16-10)15-8(2)11(18)17-14(4,5)6/h8H,7H2,1-6H3,(H,15,16)(H,17,18). The average molecular weight is 313 g/mol. The Balaban J connectivity index is 2.73. The number of nitrogens with zero attached hydrogens (tertiary/aromatic N) is 1. The predicted octanol–water partition coefficient (Wildman–Crippen LogP) is 2.34. The fourth-order valence-corrected chi connectivity index (χ4v) is 2.46. The summed E-state index contributed by atoms with van der Waals surface area (Å²) in [4.78, 5) is 28.7. The smallest absolute Gasteiger partial charge is 0.358 e. The number of carbonyl (C=O) groups is 2. The van der Waals surface area contributed by atoms with Gasteiger partial charge in [-0.05, 0) is 41.5 Å². The SMILES string of the molecule is CCOC(=O)c1nc(NC(C)C(=O)NC(C)(C)C)sc1C. The second-order valence-corrected chi connectivity index (χ2v) is 6.95. The molecule has 0 aliphatic heterocycles. The van der Waals surface area contributed by atoms with Crippen LogP contribution < -0.4 is 10.6 Å². The van der Waals surface area contributed by atoms with Gasteiger partial charge < -0.3 is 15.4 Å². The molecule has 1 atom stereocenters. The minimum atomic E-state index is -0.440. The Morgan fingerprint density at radius 1 is 1.38 bits per heavy atom. The molecular formula is C14H23N3O3S. The van der Waals surface area contributed by atoms with Crippen molar-refractivity contribution in [2.45, 2.75) is 53.1 Å². The van der Waals surface area contributed by atoms with Gasteiger partial charge in [0, 0.05) is 10.4 Å². The molecule has 0 saturated carbocycles. The summed E-state index contributed by atoms with van der Waals surface area (Å²) >= 11 is 1.33. The summed E-state index contributed by atoms with van der Waals surface area (Å²) in [5, 5.41) is 6.43. The molecule has 21 heavy (non-hydrogen) atoms. The van der Waals surface area contributed by atoms with Crippen LogP contribution in [0.1, 0.15) is 50.0 Å². The highest BCUT2D eigenvalue weighted by Gasteiger charge is 2.22. The van der Waals surface area contributed by atoms with Gasteiger partial charge in [-0.2, -0.15) is 0 Å². The summed E-state index contributed by atoms with van der Waals surface area (Å²) in [6, 6.07) is -0.440. The van der Waals surface area contributed by atoms with E-state index in [0.717, 1.165) is 4.88 Å². The van der Waals surface area contributed by atoms with Gasteiger partial charge in [-0.25, -0.2) is 9.78 Å². The van der Waals surface area contributed by atoms with Gasteiger partial charge in [-0.3, -0.25) is 4.79 Å². The van der Waals surface area contributed by atoms with Crippen LogP contribution in [0, 0.1) is 6.92 Å². The number of anilines is 1. The number of hydrogen-bond donors (Lipinski definition) is 2. The van der Waals surface area contributed by atoms with E-state index in [9.17, 15) is 9.59 Å². The molecule has 1 heterocycles. The molecule has 1 rings (SSSR count). The number of esters is 1. The number of carbonyl (C=O) groups excluding carboxylic acids is 2. The van der Waals surface area contributed by atoms with Gasteiger partial charge in [0.1, 0.15) is 6.04 Å². The van der Waals surface area contributed by atoms with Gasteiger partial charge in [0.25, 0.3) is 0 Å². The Morgan fingerprint density at radius 3 is 2.52 bits per heavy atom. The summed E-state index contributed by atoms with van der Waals surface area (Å²) in [5.41, 5.74) is 0.00910. The van der Waals surface area contributed by atoms with Gasteiger partial charge in [0.15, 0.2) is 10.8 Å². The zero-order chi connectivity index (χ0) is 16.2. The van der Waals surface area contributed by atoms with Gasteiger partial charge in [0.05, 0.1) is 6.61 Å². The topological polar surface area (TPSA) is 80.3 Å². The van der Waals surface area contributed by atoms with E-state index in [0.29, 0.717) is 17.4 Å². The van der Waals surface area contributed by atoms with Crippen LogP contribution in [0.4, 0.5) is 5.13 Å². The highest BCUT2D eigenvalue weighted by atomic mass is 32.1. The number of nitrogens with one attached hydrogen (secondary N) is 2. The molecule has 0 aromatic carbocycles. The van der Waals surface area contributed by atoms with Gasteiger partial charge in [-0.15, -0.1) is 11.3 Å². The molecule has 1 aromatic heterocycles. The molecule has 7 heteroatoms. The van der Waals surface area contributed by atoms with Crippen LogP contribution in [-0.2, 0) is 9.53 Å². The maximum absolute atomic E-state index is 12.0. The minimum absolute atomic E-state index is 0.118. The van der Waals surface area contributed by atoms with Crippen LogP contribution in [0.2, 0.25) is 0 Å². The zero-order valence-corrected chi connectivity index (χ0v) is 14.2. The Bertz CT molecular complexity index is 520. The number of hydrogen-bond acceptors (Lipinski definition) is 6. The van der Waals surface area contributed by atoms with Crippen LogP contribution in [-0.4, -0.2) is 35.0 Å². The molecule has 0 radical (unpaired) electrons. The summed E-state index contributed by atoms with van der Waals surface area (Å²) in [5.74, 6) is -0.556. The third-order valence-corrected chi connectivity index (χ3v) is 3.40. The number of aromatic nitrogens is 1. The van der Waals surface area contributed by atoms with E-state index in [1.54, 1.807) is 20.8 Å². The van der Waals surface area contributed by atoms with Gasteiger partial charge in [-0.1, -0.05) is 0 Å². The summed E-state index contributed by atoms with van der Waals surface area (Å²) in [7, 11) is 0. The summed E-state index contributed by atoms with van der Waals surface area (Å²) in [6.07, 6.45) is 0. The first kappa shape index (κ1) is 17.4. The van der Waals surface area contributed by atoms with Crippen molar-refractivity contribution in [1.29, 1.82) is 0 Å². The molecule has 0 saturated heterocycles. The van der Waals surface area contributed by atoms with E-state index in [1.807, 2.05) is 20.8 Å². The van der Waals surface area contributed by atoms with Crippen molar-refractivity contribution >= 4 is 28.3 Å². The molecular weight excluding hydrogens is 290 g/mol. The molecule has 0 aliphatic carbocycles. The Hall–Kier alpha value is -1.63. The minimum Gasteiger partial charge on any atom is -0.461 e. The van der Waals surface area contributed by atoms with Crippen molar-refractivity contribution in [3.63, 3.8) is 0 Å². The normalized spacial score (nSPS) is 12.7. The lowest BCUT2D eigenvalue weighted by atomic mass is 10.1. The number of thiazole rings is 1. The lowest BCUT2D eigenvalue weighted by Gasteiger charge is -2.23. The first-order chi connectivity index (χ1) is 9.64. The summed E-state index contributed by atoms with van der Waals surface area (Å²) < 4.78 is 4.94. The quantitative estimate of drug-likeness (QED) is 0.816. The van der Waals surface area contributed by atoms with E-state index in [2.05, 4.69) is 15.6 Å². The van der Waals surface area contributed by atoms with Gasteiger partial charge >= 0.3 is 5.97 Å². The largest absolute Gasteiger partial charge is 0.461 e. The van der Waals surface area contributed by atoms with Crippen LogP contribution in [0.15, 0.2) is 0 Å². The molecule has 1 amide bonds. The maximum atomic E-state index is 12.0. The van der Waals surface area contributed by atoms with Crippen molar-refractivity contribution in [2.75, 3.05) is 11.9 Å². The highest BCUT2D eigenvalue weighted by Crippen LogP contribution is 2.23. The fourth-order valence-electron chi connectivity index (χ4n) is 1.58. The fraction of sp³-hybridized carbons (Fsp3) is 0.643. The van der Waals surface area contributed by atoms with Crippen LogP contribution in [0.3, 0.4) is 0 Å². The zero-order valence-electron chi connectivity index (χ0n) is 13.4. The number of amides is 1. The number of rotatable bonds is 5. The lowest BCUT2D eigenvalue weighted by molar-refractivity contribution is -0.122. The molecule has 0 bridgehead atoms. The maximum Gasteiger partial charge on any atom is 0.358 e. The number of ether oxygens (including phenoxy) is 1. The van der Waals surface area contributed by atoms with Crippen molar-refractivity contribution < 1.29 is 14.3 Å². The second-order valence-electron chi connectivity index (χ2n) is 5.75. The first-order valence-electron chi connectivity index (χ1n) is 6.87. The average Bonchev–Trinajstić information content (AvgIpc) is 2.68. The molecule has 6 nitrogen and oxygen atoms in total. The Kier molecular flexibility index (Phi) is 5.71. The third-order valence-electron chi connectivity index (χ3n) is 2.50.